The number of aromatic nitrogens is 1. The molecule has 0 fully saturated rings. The first kappa shape index (κ1) is 28.1. The van der Waals surface area contributed by atoms with Crippen molar-refractivity contribution < 1.29 is 19.0 Å². The molecule has 0 radical (unpaired) electrons. The fourth-order valence-electron chi connectivity index (χ4n) is 6.19. The Bertz CT molecular complexity index is 1770. The molecule has 0 spiro atoms. The number of rotatable bonds is 9. The number of aromatic amines is 1. The topological polar surface area (TPSA) is 98.6 Å². The number of ether oxygens (including phenoxy) is 3. The van der Waals surface area contributed by atoms with E-state index in [0.717, 1.165) is 44.4 Å². The Morgan fingerprint density at radius 3 is 2.12 bits per heavy atom. The first-order chi connectivity index (χ1) is 21.0. The largest absolute Gasteiger partial charge is 0.496 e. The van der Waals surface area contributed by atoms with Crippen LogP contribution in [0.3, 0.4) is 0 Å². The molecule has 4 N–H and O–H groups in total. The lowest BCUT2D eigenvalue weighted by atomic mass is 9.74. The molecule has 1 aliphatic rings. The second kappa shape index (κ2) is 11.7. The van der Waals surface area contributed by atoms with Crippen LogP contribution >= 0.6 is 0 Å². The average molecular weight is 574 g/mol. The van der Waals surface area contributed by atoms with Gasteiger partial charge in [0.1, 0.15) is 17.2 Å². The van der Waals surface area contributed by atoms with Gasteiger partial charge in [0.2, 0.25) is 5.91 Å². The van der Waals surface area contributed by atoms with Gasteiger partial charge in [-0.1, -0.05) is 84.9 Å². The van der Waals surface area contributed by atoms with Crippen LogP contribution in [0, 0.1) is 0 Å². The van der Waals surface area contributed by atoms with E-state index < -0.39 is 17.5 Å². The molecule has 6 rings (SSSR count). The Balaban J connectivity index is 1.55. The normalized spacial score (nSPS) is 18.0. The van der Waals surface area contributed by atoms with Gasteiger partial charge in [-0.05, 0) is 34.7 Å². The van der Waals surface area contributed by atoms with E-state index in [4.69, 9.17) is 19.9 Å². The van der Waals surface area contributed by atoms with Crippen molar-refractivity contribution in [1.29, 1.82) is 0 Å². The van der Waals surface area contributed by atoms with Gasteiger partial charge in [-0.15, -0.1) is 0 Å². The van der Waals surface area contributed by atoms with Crippen molar-refractivity contribution in [3.63, 3.8) is 0 Å². The summed E-state index contributed by atoms with van der Waals surface area (Å²) in [5.41, 5.74) is 12.2. The van der Waals surface area contributed by atoms with Gasteiger partial charge >= 0.3 is 0 Å². The van der Waals surface area contributed by atoms with Crippen LogP contribution in [0.25, 0.3) is 23.1 Å². The van der Waals surface area contributed by atoms with Crippen molar-refractivity contribution >= 4 is 29.0 Å². The third-order valence-corrected chi connectivity index (χ3v) is 8.34. The SMILES string of the molecule is COc1cc(OC)c(C[C@]2(c3ccc(/C=C/c4ccccc4)cc3)N[C@@H](C(N)=O)Cc3c2[nH]c2ccccc32)c(OC)c1. The summed E-state index contributed by atoms with van der Waals surface area (Å²) >= 11 is 0. The number of methoxy groups -OCH3 is 3. The number of hydrogen-bond acceptors (Lipinski definition) is 5. The van der Waals surface area contributed by atoms with E-state index in [1.807, 2.05) is 42.5 Å². The predicted molar refractivity (Wildman–Crippen MR) is 171 cm³/mol. The molecule has 7 nitrogen and oxygen atoms in total. The Morgan fingerprint density at radius 1 is 0.860 bits per heavy atom. The van der Waals surface area contributed by atoms with Crippen LogP contribution < -0.4 is 25.3 Å². The Labute approximate surface area is 251 Å². The summed E-state index contributed by atoms with van der Waals surface area (Å²) in [6.45, 7) is 0. The molecule has 0 saturated heterocycles. The van der Waals surface area contributed by atoms with Crippen LogP contribution in [0.1, 0.15) is 33.5 Å². The second-order valence-electron chi connectivity index (χ2n) is 10.8. The highest BCUT2D eigenvalue weighted by molar-refractivity contribution is 5.89. The van der Waals surface area contributed by atoms with Crippen molar-refractivity contribution in [3.05, 3.63) is 125 Å². The van der Waals surface area contributed by atoms with E-state index in [1.165, 1.54) is 0 Å². The number of hydrogen-bond donors (Lipinski definition) is 3. The van der Waals surface area contributed by atoms with Gasteiger partial charge in [-0.3, -0.25) is 10.1 Å². The van der Waals surface area contributed by atoms with Crippen LogP contribution in [0.2, 0.25) is 0 Å². The summed E-state index contributed by atoms with van der Waals surface area (Å²) in [5.74, 6) is 1.47. The lowest BCUT2D eigenvalue weighted by Gasteiger charge is -2.42. The maximum Gasteiger partial charge on any atom is 0.234 e. The van der Waals surface area contributed by atoms with Crippen molar-refractivity contribution in [2.24, 2.45) is 5.73 Å². The number of nitrogens with two attached hydrogens (primary N) is 1. The molecule has 0 aliphatic carbocycles. The maximum atomic E-state index is 12.9. The zero-order valence-corrected chi connectivity index (χ0v) is 24.5. The third kappa shape index (κ3) is 5.24. The van der Waals surface area contributed by atoms with E-state index >= 15 is 0 Å². The molecule has 218 valence electrons. The van der Waals surface area contributed by atoms with E-state index in [-0.39, 0.29) is 0 Å². The minimum atomic E-state index is -0.872. The summed E-state index contributed by atoms with van der Waals surface area (Å²) in [5, 5.41) is 4.77. The standard InChI is InChI=1S/C36H35N3O4/c1-41-26-19-32(42-2)29(33(20-26)43-3)22-36(25-17-15-24(16-18-25)14-13-23-9-5-4-6-10-23)34-28(21-31(39-36)35(37)40)27-11-7-8-12-30(27)38-34/h4-20,31,38-39H,21-22H2,1-3H3,(H2,37,40)/b14-13+/t31-,36-/m1/s1. The number of primary amides is 1. The van der Waals surface area contributed by atoms with E-state index in [0.29, 0.717) is 30.1 Å². The molecule has 1 aromatic heterocycles. The minimum absolute atomic E-state index is 0.406. The smallest absolute Gasteiger partial charge is 0.234 e. The first-order valence-electron chi connectivity index (χ1n) is 14.3. The third-order valence-electron chi connectivity index (χ3n) is 8.34. The fraction of sp³-hybridized carbons (Fsp3) is 0.194. The zero-order chi connectivity index (χ0) is 30.0. The van der Waals surface area contributed by atoms with Gasteiger partial charge in [0, 0.05) is 40.7 Å². The molecule has 0 bridgehead atoms. The number of amides is 1. The zero-order valence-electron chi connectivity index (χ0n) is 24.5. The summed E-state index contributed by atoms with van der Waals surface area (Å²) in [6, 6.07) is 29.9. The van der Waals surface area contributed by atoms with Crippen LogP contribution in [0.15, 0.2) is 91.0 Å². The maximum absolute atomic E-state index is 12.9. The number of nitrogens with one attached hydrogen (secondary N) is 2. The highest BCUT2D eigenvalue weighted by Crippen LogP contribution is 2.46. The van der Waals surface area contributed by atoms with Gasteiger partial charge in [-0.2, -0.15) is 0 Å². The number of carbonyl (C=O) groups excluding carboxylic acids is 1. The molecule has 1 aliphatic heterocycles. The Kier molecular flexibility index (Phi) is 7.65. The molecule has 5 aromatic rings. The van der Waals surface area contributed by atoms with Crippen LogP contribution in [0.4, 0.5) is 0 Å². The molecule has 0 unspecified atom stereocenters. The van der Waals surface area contributed by atoms with Gasteiger partial charge in [0.25, 0.3) is 0 Å². The lowest BCUT2D eigenvalue weighted by molar-refractivity contribution is -0.120. The highest BCUT2D eigenvalue weighted by atomic mass is 16.5. The molecule has 2 atom stereocenters. The number of para-hydroxylation sites is 1. The monoisotopic (exact) mass is 573 g/mol. The van der Waals surface area contributed by atoms with Crippen molar-refractivity contribution in [2.75, 3.05) is 21.3 Å². The van der Waals surface area contributed by atoms with Gasteiger partial charge < -0.3 is 24.9 Å². The second-order valence-corrected chi connectivity index (χ2v) is 10.8. The molecule has 4 aromatic carbocycles. The van der Waals surface area contributed by atoms with Crippen molar-refractivity contribution in [3.8, 4) is 17.2 Å². The van der Waals surface area contributed by atoms with Gasteiger partial charge in [0.15, 0.2) is 0 Å². The molecule has 7 heteroatoms. The number of fused-ring (bicyclic) bond motifs is 3. The molecule has 1 amide bonds. The van der Waals surface area contributed by atoms with Crippen LogP contribution in [0.5, 0.6) is 17.2 Å². The van der Waals surface area contributed by atoms with E-state index in [9.17, 15) is 4.79 Å². The minimum Gasteiger partial charge on any atom is -0.496 e. The molecule has 43 heavy (non-hydrogen) atoms. The van der Waals surface area contributed by atoms with E-state index in [1.54, 1.807) is 21.3 Å². The van der Waals surface area contributed by atoms with Crippen LogP contribution in [-0.4, -0.2) is 38.3 Å². The highest BCUT2D eigenvalue weighted by Gasteiger charge is 2.46. The predicted octanol–water partition coefficient (Wildman–Crippen LogP) is 5.85. The summed E-state index contributed by atoms with van der Waals surface area (Å²) in [4.78, 5) is 16.6. The summed E-state index contributed by atoms with van der Waals surface area (Å²) in [7, 11) is 4.88. The Morgan fingerprint density at radius 2 is 1.49 bits per heavy atom. The fourth-order valence-corrected chi connectivity index (χ4v) is 6.19. The molecular weight excluding hydrogens is 538 g/mol. The number of carbonyl (C=O) groups is 1. The number of benzene rings is 4. The molecule has 0 saturated carbocycles. The summed E-state index contributed by atoms with van der Waals surface area (Å²) < 4.78 is 17.3. The van der Waals surface area contributed by atoms with Gasteiger partial charge in [0.05, 0.1) is 32.9 Å². The van der Waals surface area contributed by atoms with Crippen LogP contribution in [-0.2, 0) is 23.2 Å². The molecular formula is C36H35N3O4. The van der Waals surface area contributed by atoms with Crippen molar-refractivity contribution in [1.82, 2.24) is 10.3 Å². The quantitative estimate of drug-likeness (QED) is 0.192. The first-order valence-corrected chi connectivity index (χ1v) is 14.3. The Hall–Kier alpha value is -5.01. The summed E-state index contributed by atoms with van der Waals surface area (Å²) in [6.07, 6.45) is 5.07. The average Bonchev–Trinajstić information content (AvgIpc) is 3.44. The van der Waals surface area contributed by atoms with Crippen molar-refractivity contribution in [2.45, 2.75) is 24.4 Å². The number of H-pyrrole nitrogens is 1. The van der Waals surface area contributed by atoms with Gasteiger partial charge in [-0.25, -0.2) is 0 Å². The lowest BCUT2D eigenvalue weighted by Crippen LogP contribution is -2.59. The molecule has 2 heterocycles. The van der Waals surface area contributed by atoms with E-state index in [2.05, 4.69) is 71.0 Å².